The first-order valence-corrected chi connectivity index (χ1v) is 10.6. The molecule has 0 N–H and O–H groups in total. The molecule has 3 fully saturated rings. The molecule has 4 heteroatoms. The molecule has 0 unspecified atom stereocenters. The van der Waals surface area contributed by atoms with E-state index in [-0.39, 0.29) is 29.1 Å². The van der Waals surface area contributed by atoms with Crippen LogP contribution in [0.4, 0.5) is 5.69 Å². The number of carbonyl (C=O) groups is 2. The Morgan fingerprint density at radius 2 is 1.28 bits per heavy atom. The second kappa shape index (κ2) is 6.45. The summed E-state index contributed by atoms with van der Waals surface area (Å²) in [5.41, 5.74) is 2.02. The van der Waals surface area contributed by atoms with Gasteiger partial charge in [-0.1, -0.05) is 32.9 Å². The van der Waals surface area contributed by atoms with Crippen LogP contribution in [0.1, 0.15) is 45.6 Å². The van der Waals surface area contributed by atoms with Crippen LogP contribution in [0.5, 0.6) is 11.5 Å². The van der Waals surface area contributed by atoms with E-state index in [0.717, 1.165) is 25.0 Å². The number of carbonyl (C=O) groups excluding carboxylic acids is 2. The van der Waals surface area contributed by atoms with Gasteiger partial charge in [0.05, 0.1) is 17.5 Å². The largest absolute Gasteiger partial charge is 0.457 e. The van der Waals surface area contributed by atoms with Gasteiger partial charge in [-0.3, -0.25) is 14.5 Å². The summed E-state index contributed by atoms with van der Waals surface area (Å²) >= 11 is 0. The molecule has 4 nitrogen and oxygen atoms in total. The maximum atomic E-state index is 13.0. The van der Waals surface area contributed by atoms with Crippen molar-refractivity contribution < 1.29 is 14.3 Å². The lowest BCUT2D eigenvalue weighted by Gasteiger charge is -2.19. The highest BCUT2D eigenvalue weighted by Gasteiger charge is 2.61. The minimum absolute atomic E-state index is 0.00126. The van der Waals surface area contributed by atoms with E-state index < -0.39 is 0 Å². The van der Waals surface area contributed by atoms with Gasteiger partial charge in [-0.15, -0.1) is 0 Å². The van der Waals surface area contributed by atoms with E-state index in [1.165, 1.54) is 10.5 Å². The molecule has 2 aromatic rings. The Bertz CT molecular complexity index is 927. The Kier molecular flexibility index (Phi) is 4.09. The molecule has 150 valence electrons. The molecule has 2 aliphatic carbocycles. The molecule has 2 amide bonds. The number of benzene rings is 2. The number of nitrogens with zero attached hydrogens (tertiary/aromatic N) is 1. The van der Waals surface area contributed by atoms with E-state index in [1.807, 2.05) is 36.4 Å². The molecular weight excluding hydrogens is 362 g/mol. The number of hydrogen-bond donors (Lipinski definition) is 0. The second-order valence-electron chi connectivity index (χ2n) is 9.77. The Balaban J connectivity index is 1.32. The summed E-state index contributed by atoms with van der Waals surface area (Å²) < 4.78 is 5.95. The summed E-state index contributed by atoms with van der Waals surface area (Å²) in [5.74, 6) is 2.10. The van der Waals surface area contributed by atoms with Crippen molar-refractivity contribution in [3.8, 4) is 11.5 Å². The van der Waals surface area contributed by atoms with Crippen molar-refractivity contribution in [1.29, 1.82) is 0 Å². The van der Waals surface area contributed by atoms with Gasteiger partial charge in [0.25, 0.3) is 0 Å². The topological polar surface area (TPSA) is 46.6 Å². The minimum Gasteiger partial charge on any atom is -0.457 e. The maximum absolute atomic E-state index is 13.0. The van der Waals surface area contributed by atoms with E-state index in [1.54, 1.807) is 0 Å². The van der Waals surface area contributed by atoms with Crippen LogP contribution in [0, 0.1) is 23.7 Å². The summed E-state index contributed by atoms with van der Waals surface area (Å²) in [6, 6.07) is 15.4. The minimum atomic E-state index is -0.0847. The predicted molar refractivity (Wildman–Crippen MR) is 112 cm³/mol. The van der Waals surface area contributed by atoms with Gasteiger partial charge in [0.2, 0.25) is 11.8 Å². The molecule has 2 aromatic carbocycles. The zero-order chi connectivity index (χ0) is 20.3. The Morgan fingerprint density at radius 1 is 0.793 bits per heavy atom. The van der Waals surface area contributed by atoms with Crippen molar-refractivity contribution in [3.05, 3.63) is 54.1 Å². The van der Waals surface area contributed by atoms with Crippen molar-refractivity contribution in [2.45, 2.75) is 45.4 Å². The van der Waals surface area contributed by atoms with Gasteiger partial charge in [-0.25, -0.2) is 0 Å². The van der Waals surface area contributed by atoms with Gasteiger partial charge in [0.1, 0.15) is 11.5 Å². The highest BCUT2D eigenvalue weighted by atomic mass is 16.5. The van der Waals surface area contributed by atoms with Gasteiger partial charge in [0, 0.05) is 0 Å². The molecule has 1 saturated heterocycles. The van der Waals surface area contributed by atoms with Crippen LogP contribution in [0.25, 0.3) is 0 Å². The molecule has 0 radical (unpaired) electrons. The van der Waals surface area contributed by atoms with Gasteiger partial charge < -0.3 is 4.74 Å². The van der Waals surface area contributed by atoms with Crippen LogP contribution in [0.15, 0.2) is 48.5 Å². The first kappa shape index (κ1) is 18.4. The van der Waals surface area contributed by atoms with Crippen molar-refractivity contribution in [1.82, 2.24) is 0 Å². The number of amides is 2. The molecule has 4 atom stereocenters. The van der Waals surface area contributed by atoms with Gasteiger partial charge in [-0.05, 0) is 78.5 Å². The quantitative estimate of drug-likeness (QED) is 0.668. The molecule has 3 aliphatic rings. The first-order chi connectivity index (χ1) is 13.8. The third-order valence-electron chi connectivity index (χ3n) is 6.98. The fraction of sp³-hybridized carbons (Fsp3) is 0.440. The van der Waals surface area contributed by atoms with Crippen LogP contribution in [-0.4, -0.2) is 11.8 Å². The lowest BCUT2D eigenvalue weighted by Crippen LogP contribution is -2.32. The fourth-order valence-electron chi connectivity index (χ4n) is 5.49. The normalized spacial score (nSPS) is 28.2. The van der Waals surface area contributed by atoms with Crippen molar-refractivity contribution in [2.24, 2.45) is 23.7 Å². The smallest absolute Gasteiger partial charge is 0.237 e. The lowest BCUT2D eigenvalue weighted by atomic mass is 9.81. The van der Waals surface area contributed by atoms with Gasteiger partial charge in [0.15, 0.2) is 0 Å². The number of rotatable bonds is 3. The highest BCUT2D eigenvalue weighted by molar-refractivity contribution is 6.22. The molecule has 1 aliphatic heterocycles. The maximum Gasteiger partial charge on any atom is 0.237 e. The van der Waals surface area contributed by atoms with Crippen LogP contribution >= 0.6 is 0 Å². The summed E-state index contributed by atoms with van der Waals surface area (Å²) in [6.07, 6.45) is 3.25. The van der Waals surface area contributed by atoms with E-state index in [2.05, 4.69) is 32.9 Å². The Morgan fingerprint density at radius 3 is 1.76 bits per heavy atom. The first-order valence-electron chi connectivity index (χ1n) is 10.6. The van der Waals surface area contributed by atoms with E-state index in [9.17, 15) is 9.59 Å². The Hall–Kier alpha value is -2.62. The predicted octanol–water partition coefficient (Wildman–Crippen LogP) is 5.31. The van der Waals surface area contributed by atoms with Gasteiger partial charge in [-0.2, -0.15) is 0 Å². The van der Waals surface area contributed by atoms with Crippen molar-refractivity contribution in [3.63, 3.8) is 0 Å². The third kappa shape index (κ3) is 2.97. The van der Waals surface area contributed by atoms with Crippen molar-refractivity contribution in [2.75, 3.05) is 4.90 Å². The SMILES string of the molecule is CC(C)(C)c1ccc(Oc2ccc(N3C(=O)[C@H]4[C@H]5CC[C@@H](C5)[C@@H]4C3=O)cc2)cc1. The number of hydrogen-bond acceptors (Lipinski definition) is 3. The number of imide groups is 1. The highest BCUT2D eigenvalue weighted by Crippen LogP contribution is 2.56. The average molecular weight is 389 g/mol. The second-order valence-corrected chi connectivity index (χ2v) is 9.77. The molecule has 0 spiro atoms. The molecule has 2 saturated carbocycles. The van der Waals surface area contributed by atoms with Crippen molar-refractivity contribution >= 4 is 17.5 Å². The van der Waals surface area contributed by atoms with Crippen LogP contribution in [-0.2, 0) is 15.0 Å². The van der Waals surface area contributed by atoms with E-state index in [0.29, 0.717) is 23.3 Å². The van der Waals surface area contributed by atoms with Gasteiger partial charge >= 0.3 is 0 Å². The molecule has 5 rings (SSSR count). The van der Waals surface area contributed by atoms with Crippen LogP contribution in [0.2, 0.25) is 0 Å². The van der Waals surface area contributed by atoms with E-state index in [4.69, 9.17) is 4.74 Å². The zero-order valence-corrected chi connectivity index (χ0v) is 17.2. The monoisotopic (exact) mass is 389 g/mol. The third-order valence-corrected chi connectivity index (χ3v) is 6.98. The molecule has 0 aromatic heterocycles. The van der Waals surface area contributed by atoms with Crippen LogP contribution in [0.3, 0.4) is 0 Å². The zero-order valence-electron chi connectivity index (χ0n) is 17.2. The van der Waals surface area contributed by atoms with E-state index >= 15 is 0 Å². The molecular formula is C25H27NO3. The number of fused-ring (bicyclic) bond motifs is 5. The summed E-state index contributed by atoms with van der Waals surface area (Å²) in [6.45, 7) is 6.55. The molecule has 1 heterocycles. The fourth-order valence-corrected chi connectivity index (χ4v) is 5.49. The Labute approximate surface area is 171 Å². The number of ether oxygens (including phenoxy) is 1. The summed E-state index contributed by atoms with van der Waals surface area (Å²) in [5, 5.41) is 0. The van der Waals surface area contributed by atoms with Crippen LogP contribution < -0.4 is 9.64 Å². The molecule has 2 bridgehead atoms. The standard InChI is InChI=1S/C25H27NO3/c1-25(2,3)17-6-10-19(11-7-17)29-20-12-8-18(9-13-20)26-23(27)21-15-4-5-16(14-15)22(21)24(26)28/h6-13,15-16,21-22H,4-5,14H2,1-3H3/t15-,16-,21-,22-/m0/s1. The number of anilines is 1. The summed E-state index contributed by atoms with van der Waals surface area (Å²) in [7, 11) is 0. The summed E-state index contributed by atoms with van der Waals surface area (Å²) in [4.78, 5) is 27.3. The average Bonchev–Trinajstić information content (AvgIpc) is 3.36. The lowest BCUT2D eigenvalue weighted by molar-refractivity contribution is -0.123. The molecule has 29 heavy (non-hydrogen) atoms.